The lowest BCUT2D eigenvalue weighted by Crippen LogP contribution is -2.52. The van der Waals surface area contributed by atoms with Crippen molar-refractivity contribution < 1.29 is 4.79 Å². The van der Waals surface area contributed by atoms with Gasteiger partial charge in [-0.15, -0.1) is 0 Å². The van der Waals surface area contributed by atoms with Gasteiger partial charge in [-0.05, 0) is 65.3 Å². The molecule has 4 heteroatoms. The number of carbonyl (C=O) groups is 1. The molecule has 19 heavy (non-hydrogen) atoms. The third kappa shape index (κ3) is 3.11. The summed E-state index contributed by atoms with van der Waals surface area (Å²) in [7, 11) is 4.19. The van der Waals surface area contributed by atoms with E-state index in [2.05, 4.69) is 29.1 Å². The zero-order chi connectivity index (χ0) is 13.9. The van der Waals surface area contributed by atoms with E-state index in [4.69, 9.17) is 0 Å². The van der Waals surface area contributed by atoms with Crippen LogP contribution >= 0.6 is 0 Å². The van der Waals surface area contributed by atoms with Gasteiger partial charge in [0.2, 0.25) is 5.91 Å². The Morgan fingerprint density at radius 3 is 2.42 bits per heavy atom. The first-order chi connectivity index (χ1) is 9.09. The molecule has 0 aromatic heterocycles. The molecular formula is C15H29N3O. The molecule has 0 bridgehead atoms. The summed E-state index contributed by atoms with van der Waals surface area (Å²) in [5, 5.41) is 3.38. The Morgan fingerprint density at radius 2 is 1.89 bits per heavy atom. The minimum atomic E-state index is -0.0939. The number of hydrogen-bond donors (Lipinski definition) is 1. The highest BCUT2D eigenvalue weighted by molar-refractivity contribution is 5.83. The Hall–Kier alpha value is -0.610. The van der Waals surface area contributed by atoms with Crippen molar-refractivity contribution in [3.8, 4) is 0 Å². The molecule has 0 aromatic carbocycles. The molecule has 0 aliphatic carbocycles. The predicted octanol–water partition coefficient (Wildman–Crippen LogP) is 1.32. The topological polar surface area (TPSA) is 35.6 Å². The SMILES string of the molecule is CCC1(C(=O)N(C)C2CCN(C)CC2)CCNCC1. The molecule has 110 valence electrons. The van der Waals surface area contributed by atoms with Crippen LogP contribution in [0.5, 0.6) is 0 Å². The Bertz CT molecular complexity index is 305. The van der Waals surface area contributed by atoms with Crippen LogP contribution in [0.3, 0.4) is 0 Å². The van der Waals surface area contributed by atoms with Crippen LogP contribution in [0.15, 0.2) is 0 Å². The van der Waals surface area contributed by atoms with Gasteiger partial charge in [-0.1, -0.05) is 6.92 Å². The van der Waals surface area contributed by atoms with Crippen LogP contribution in [0, 0.1) is 5.41 Å². The maximum absolute atomic E-state index is 12.9. The van der Waals surface area contributed by atoms with E-state index >= 15 is 0 Å². The third-order valence-electron chi connectivity index (χ3n) is 5.25. The molecular weight excluding hydrogens is 238 g/mol. The number of amides is 1. The Morgan fingerprint density at radius 1 is 1.32 bits per heavy atom. The van der Waals surface area contributed by atoms with Crippen LogP contribution in [0.4, 0.5) is 0 Å². The molecule has 2 saturated heterocycles. The molecule has 0 spiro atoms. The highest BCUT2D eigenvalue weighted by Gasteiger charge is 2.41. The molecule has 2 aliphatic rings. The number of carbonyl (C=O) groups excluding carboxylic acids is 1. The van der Waals surface area contributed by atoms with Gasteiger partial charge >= 0.3 is 0 Å². The number of piperidine rings is 2. The van der Waals surface area contributed by atoms with Gasteiger partial charge < -0.3 is 15.1 Å². The highest BCUT2D eigenvalue weighted by atomic mass is 16.2. The van der Waals surface area contributed by atoms with Gasteiger partial charge in [0.15, 0.2) is 0 Å². The van der Waals surface area contributed by atoms with E-state index in [1.165, 1.54) is 0 Å². The smallest absolute Gasteiger partial charge is 0.228 e. The molecule has 0 saturated carbocycles. The molecule has 2 fully saturated rings. The number of rotatable bonds is 3. The van der Waals surface area contributed by atoms with Crippen molar-refractivity contribution >= 4 is 5.91 Å². The van der Waals surface area contributed by atoms with E-state index in [0.717, 1.165) is 58.3 Å². The van der Waals surface area contributed by atoms with Gasteiger partial charge in [0, 0.05) is 13.1 Å². The fraction of sp³-hybridized carbons (Fsp3) is 0.933. The van der Waals surface area contributed by atoms with Gasteiger partial charge in [0.05, 0.1) is 5.41 Å². The highest BCUT2D eigenvalue weighted by Crippen LogP contribution is 2.35. The summed E-state index contributed by atoms with van der Waals surface area (Å²) in [6.45, 7) is 6.37. The van der Waals surface area contributed by atoms with Crippen molar-refractivity contribution in [3.63, 3.8) is 0 Å². The second kappa shape index (κ2) is 6.23. The molecule has 2 rings (SSSR count). The maximum Gasteiger partial charge on any atom is 0.228 e. The van der Waals surface area contributed by atoms with Crippen LogP contribution in [0.25, 0.3) is 0 Å². The standard InChI is InChI=1S/C15H29N3O/c1-4-15(7-9-16-10-8-15)14(19)18(3)13-5-11-17(2)12-6-13/h13,16H,4-12H2,1-3H3. The van der Waals surface area contributed by atoms with Crippen molar-refractivity contribution in [2.45, 2.75) is 45.1 Å². The molecule has 1 N–H and O–H groups in total. The minimum absolute atomic E-state index is 0.0939. The Balaban J connectivity index is 2.00. The average Bonchev–Trinajstić information content (AvgIpc) is 2.47. The van der Waals surface area contributed by atoms with Crippen molar-refractivity contribution in [1.82, 2.24) is 15.1 Å². The fourth-order valence-corrected chi connectivity index (χ4v) is 3.55. The first-order valence-electron chi connectivity index (χ1n) is 7.75. The van der Waals surface area contributed by atoms with Crippen LogP contribution < -0.4 is 5.32 Å². The van der Waals surface area contributed by atoms with E-state index in [1.807, 2.05) is 7.05 Å². The molecule has 2 aliphatic heterocycles. The Kier molecular flexibility index (Phi) is 4.85. The van der Waals surface area contributed by atoms with Crippen molar-refractivity contribution in [2.75, 3.05) is 40.3 Å². The predicted molar refractivity (Wildman–Crippen MR) is 78.1 cm³/mol. The van der Waals surface area contributed by atoms with E-state index < -0.39 is 0 Å². The lowest BCUT2D eigenvalue weighted by atomic mass is 9.75. The van der Waals surface area contributed by atoms with Gasteiger partial charge in [-0.25, -0.2) is 0 Å². The second-order valence-electron chi connectivity index (χ2n) is 6.33. The van der Waals surface area contributed by atoms with Crippen molar-refractivity contribution in [1.29, 1.82) is 0 Å². The van der Waals surface area contributed by atoms with E-state index in [-0.39, 0.29) is 5.41 Å². The average molecular weight is 267 g/mol. The monoisotopic (exact) mass is 267 g/mol. The Labute approximate surface area is 117 Å². The largest absolute Gasteiger partial charge is 0.342 e. The van der Waals surface area contributed by atoms with E-state index in [9.17, 15) is 4.79 Å². The van der Waals surface area contributed by atoms with Crippen LogP contribution in [-0.4, -0.2) is 62.0 Å². The van der Waals surface area contributed by atoms with E-state index in [0.29, 0.717) is 11.9 Å². The minimum Gasteiger partial charge on any atom is -0.342 e. The first-order valence-corrected chi connectivity index (χ1v) is 7.75. The lowest BCUT2D eigenvalue weighted by molar-refractivity contribution is -0.145. The zero-order valence-electron chi connectivity index (χ0n) is 12.7. The maximum atomic E-state index is 12.9. The lowest BCUT2D eigenvalue weighted by Gasteiger charge is -2.42. The summed E-state index contributed by atoms with van der Waals surface area (Å²) in [6.07, 6.45) is 5.22. The first kappa shape index (κ1) is 14.8. The van der Waals surface area contributed by atoms with Gasteiger partial charge in [-0.3, -0.25) is 4.79 Å². The number of hydrogen-bond acceptors (Lipinski definition) is 3. The summed E-state index contributed by atoms with van der Waals surface area (Å²) in [5.74, 6) is 0.394. The summed E-state index contributed by atoms with van der Waals surface area (Å²) in [6, 6.07) is 0.446. The van der Waals surface area contributed by atoms with Crippen molar-refractivity contribution in [2.24, 2.45) is 5.41 Å². The quantitative estimate of drug-likeness (QED) is 0.838. The number of nitrogens with zero attached hydrogens (tertiary/aromatic N) is 2. The van der Waals surface area contributed by atoms with E-state index in [1.54, 1.807) is 0 Å². The molecule has 0 radical (unpaired) electrons. The zero-order valence-corrected chi connectivity index (χ0v) is 12.7. The van der Waals surface area contributed by atoms with Gasteiger partial charge in [-0.2, -0.15) is 0 Å². The summed E-state index contributed by atoms with van der Waals surface area (Å²) < 4.78 is 0. The molecule has 0 aromatic rings. The summed E-state index contributed by atoms with van der Waals surface area (Å²) in [5.41, 5.74) is -0.0939. The van der Waals surface area contributed by atoms with Gasteiger partial charge in [0.1, 0.15) is 0 Å². The third-order valence-corrected chi connectivity index (χ3v) is 5.25. The molecule has 1 amide bonds. The number of likely N-dealkylation sites (tertiary alicyclic amines) is 1. The van der Waals surface area contributed by atoms with Crippen LogP contribution in [0.1, 0.15) is 39.0 Å². The van der Waals surface area contributed by atoms with Gasteiger partial charge in [0.25, 0.3) is 0 Å². The van der Waals surface area contributed by atoms with Crippen molar-refractivity contribution in [3.05, 3.63) is 0 Å². The summed E-state index contributed by atoms with van der Waals surface area (Å²) >= 11 is 0. The summed E-state index contributed by atoms with van der Waals surface area (Å²) in [4.78, 5) is 17.3. The fourth-order valence-electron chi connectivity index (χ4n) is 3.55. The molecule has 4 nitrogen and oxygen atoms in total. The molecule has 0 atom stereocenters. The van der Waals surface area contributed by atoms with Crippen LogP contribution in [0.2, 0.25) is 0 Å². The normalized spacial score (nSPS) is 25.2. The number of nitrogens with one attached hydrogen (secondary N) is 1. The molecule has 2 heterocycles. The second-order valence-corrected chi connectivity index (χ2v) is 6.33. The van der Waals surface area contributed by atoms with Crippen LogP contribution in [-0.2, 0) is 4.79 Å². The molecule has 0 unspecified atom stereocenters.